The second-order valence-electron chi connectivity index (χ2n) is 4.60. The second kappa shape index (κ2) is 7.48. The quantitative estimate of drug-likeness (QED) is 0.660. The first kappa shape index (κ1) is 15.1. The third kappa shape index (κ3) is 4.33. The molecule has 0 aromatic heterocycles. The van der Waals surface area contributed by atoms with Gasteiger partial charge in [-0.15, -0.1) is 0 Å². The highest BCUT2D eigenvalue weighted by Gasteiger charge is 2.41. The molecule has 1 aliphatic rings. The van der Waals surface area contributed by atoms with Crippen LogP contribution in [0.25, 0.3) is 0 Å². The number of hydrogen-bond acceptors (Lipinski definition) is 4. The molecule has 0 spiro atoms. The highest BCUT2D eigenvalue weighted by atomic mass is 28.4. The highest BCUT2D eigenvalue weighted by Crippen LogP contribution is 2.32. The van der Waals surface area contributed by atoms with Crippen LogP contribution in [0.1, 0.15) is 32.6 Å². The molecule has 1 rings (SSSR count). The molecule has 0 aliphatic heterocycles. The van der Waals surface area contributed by atoms with Gasteiger partial charge in [0.2, 0.25) is 0 Å². The summed E-state index contributed by atoms with van der Waals surface area (Å²) in [6.07, 6.45) is 5.14. The zero-order valence-corrected chi connectivity index (χ0v) is 12.5. The Morgan fingerprint density at radius 3 is 1.88 bits per heavy atom. The lowest BCUT2D eigenvalue weighted by molar-refractivity contribution is 0.0244. The summed E-state index contributed by atoms with van der Waals surface area (Å²) in [6.45, 7) is 2.88. The Bertz CT molecular complexity index is 192. The standard InChI is InChI=1S/C12H26O4Si/c1-5-16-12-8-6-11(7-9-12)10-17(13-2,14-3)15-4/h11-12H,5-10H2,1-4H3. The first-order chi connectivity index (χ1) is 8.19. The van der Waals surface area contributed by atoms with Crippen LogP contribution in [0.3, 0.4) is 0 Å². The van der Waals surface area contributed by atoms with Crippen molar-refractivity contribution in [1.29, 1.82) is 0 Å². The van der Waals surface area contributed by atoms with Gasteiger partial charge in [-0.1, -0.05) is 0 Å². The largest absolute Gasteiger partial charge is 0.500 e. The number of hydrogen-bond donors (Lipinski definition) is 0. The van der Waals surface area contributed by atoms with Crippen molar-refractivity contribution in [1.82, 2.24) is 0 Å². The van der Waals surface area contributed by atoms with Crippen LogP contribution in [0.4, 0.5) is 0 Å². The summed E-state index contributed by atoms with van der Waals surface area (Å²) < 4.78 is 22.1. The first-order valence-electron chi connectivity index (χ1n) is 6.46. The van der Waals surface area contributed by atoms with Crippen molar-refractivity contribution >= 4 is 8.80 Å². The summed E-state index contributed by atoms with van der Waals surface area (Å²) in [4.78, 5) is 0. The Labute approximate surface area is 106 Å². The Hall–Kier alpha value is 0.0569. The Morgan fingerprint density at radius 1 is 0.941 bits per heavy atom. The van der Waals surface area contributed by atoms with Gasteiger partial charge in [0.1, 0.15) is 0 Å². The fourth-order valence-electron chi connectivity index (χ4n) is 2.59. The van der Waals surface area contributed by atoms with Gasteiger partial charge in [-0.05, 0) is 38.5 Å². The topological polar surface area (TPSA) is 36.9 Å². The van der Waals surface area contributed by atoms with Crippen molar-refractivity contribution in [2.75, 3.05) is 27.9 Å². The summed E-state index contributed by atoms with van der Waals surface area (Å²) in [5, 5.41) is 0. The average Bonchev–Trinajstić information content (AvgIpc) is 2.39. The van der Waals surface area contributed by atoms with Gasteiger partial charge in [0.15, 0.2) is 0 Å². The number of rotatable bonds is 7. The van der Waals surface area contributed by atoms with E-state index in [0.717, 1.165) is 25.5 Å². The maximum absolute atomic E-state index is 5.66. The Kier molecular flexibility index (Phi) is 6.65. The third-order valence-corrected chi connectivity index (χ3v) is 6.61. The minimum atomic E-state index is -2.39. The normalized spacial score (nSPS) is 26.1. The predicted octanol–water partition coefficient (Wildman–Crippen LogP) is 2.46. The minimum absolute atomic E-state index is 0.458. The van der Waals surface area contributed by atoms with Crippen LogP contribution >= 0.6 is 0 Å². The Balaban J connectivity index is 2.38. The molecule has 0 aromatic carbocycles. The van der Waals surface area contributed by atoms with Crippen molar-refractivity contribution in [2.45, 2.75) is 44.8 Å². The summed E-state index contributed by atoms with van der Waals surface area (Å²) >= 11 is 0. The summed E-state index contributed by atoms with van der Waals surface area (Å²) in [7, 11) is 2.67. The van der Waals surface area contributed by atoms with Gasteiger partial charge in [-0.25, -0.2) is 0 Å². The van der Waals surface area contributed by atoms with E-state index in [1.165, 1.54) is 12.8 Å². The van der Waals surface area contributed by atoms with E-state index in [1.54, 1.807) is 21.3 Å². The molecule has 1 saturated carbocycles. The molecule has 0 heterocycles. The van der Waals surface area contributed by atoms with E-state index in [4.69, 9.17) is 18.0 Å². The van der Waals surface area contributed by atoms with Crippen LogP contribution in [0, 0.1) is 5.92 Å². The minimum Gasteiger partial charge on any atom is -0.379 e. The monoisotopic (exact) mass is 262 g/mol. The molecule has 0 amide bonds. The number of ether oxygens (including phenoxy) is 1. The van der Waals surface area contributed by atoms with E-state index < -0.39 is 8.80 Å². The van der Waals surface area contributed by atoms with Gasteiger partial charge < -0.3 is 18.0 Å². The van der Waals surface area contributed by atoms with E-state index in [9.17, 15) is 0 Å². The van der Waals surface area contributed by atoms with Gasteiger partial charge in [-0.2, -0.15) is 0 Å². The van der Waals surface area contributed by atoms with Gasteiger partial charge in [-0.3, -0.25) is 0 Å². The van der Waals surface area contributed by atoms with Gasteiger partial charge in [0, 0.05) is 34.0 Å². The van der Waals surface area contributed by atoms with E-state index >= 15 is 0 Å². The molecule has 0 bridgehead atoms. The smallest absolute Gasteiger partial charge is 0.379 e. The Morgan fingerprint density at radius 2 is 1.47 bits per heavy atom. The van der Waals surface area contributed by atoms with Crippen LogP contribution in [-0.4, -0.2) is 42.8 Å². The maximum atomic E-state index is 5.66. The molecule has 17 heavy (non-hydrogen) atoms. The predicted molar refractivity (Wildman–Crippen MR) is 69.0 cm³/mol. The molecule has 4 nitrogen and oxygen atoms in total. The van der Waals surface area contributed by atoms with Crippen LogP contribution in [0.15, 0.2) is 0 Å². The SMILES string of the molecule is CCOC1CCC(C[Si](OC)(OC)OC)CC1. The second-order valence-corrected chi connectivity index (χ2v) is 7.60. The van der Waals surface area contributed by atoms with Crippen molar-refractivity contribution in [3.8, 4) is 0 Å². The van der Waals surface area contributed by atoms with E-state index in [1.807, 2.05) is 0 Å². The van der Waals surface area contributed by atoms with Crippen LogP contribution in [0.5, 0.6) is 0 Å². The van der Waals surface area contributed by atoms with E-state index in [0.29, 0.717) is 12.0 Å². The lowest BCUT2D eigenvalue weighted by Gasteiger charge is -2.33. The van der Waals surface area contributed by atoms with Crippen LogP contribution < -0.4 is 0 Å². The fraction of sp³-hybridized carbons (Fsp3) is 1.00. The molecule has 0 atom stereocenters. The van der Waals surface area contributed by atoms with Crippen molar-refractivity contribution in [2.24, 2.45) is 5.92 Å². The zero-order chi connectivity index (χ0) is 12.7. The average molecular weight is 262 g/mol. The van der Waals surface area contributed by atoms with Crippen molar-refractivity contribution in [3.05, 3.63) is 0 Å². The molecule has 0 unspecified atom stereocenters. The summed E-state index contributed by atoms with van der Waals surface area (Å²) in [6, 6.07) is 0.926. The molecule has 0 aromatic rings. The fourth-order valence-corrected chi connectivity index (χ4v) is 4.71. The highest BCUT2D eigenvalue weighted by molar-refractivity contribution is 6.60. The van der Waals surface area contributed by atoms with Gasteiger partial charge >= 0.3 is 8.80 Å². The van der Waals surface area contributed by atoms with Crippen molar-refractivity contribution in [3.63, 3.8) is 0 Å². The third-order valence-electron chi connectivity index (χ3n) is 3.67. The van der Waals surface area contributed by atoms with Crippen LogP contribution in [0.2, 0.25) is 6.04 Å². The molecule has 5 heteroatoms. The molecule has 0 radical (unpaired) electrons. The zero-order valence-electron chi connectivity index (χ0n) is 11.5. The molecule has 0 N–H and O–H groups in total. The molecular formula is C12H26O4Si. The van der Waals surface area contributed by atoms with Gasteiger partial charge in [0.05, 0.1) is 6.10 Å². The summed E-state index contributed by atoms with van der Waals surface area (Å²) in [5.41, 5.74) is 0. The van der Waals surface area contributed by atoms with E-state index in [-0.39, 0.29) is 0 Å². The maximum Gasteiger partial charge on any atom is 0.500 e. The lowest BCUT2D eigenvalue weighted by atomic mass is 9.89. The summed E-state index contributed by atoms with van der Waals surface area (Å²) in [5.74, 6) is 0.651. The van der Waals surface area contributed by atoms with Crippen LogP contribution in [-0.2, 0) is 18.0 Å². The van der Waals surface area contributed by atoms with Gasteiger partial charge in [0.25, 0.3) is 0 Å². The molecule has 0 saturated heterocycles. The molecule has 1 fully saturated rings. The molecule has 102 valence electrons. The lowest BCUT2D eigenvalue weighted by Crippen LogP contribution is -2.45. The molecule has 1 aliphatic carbocycles. The van der Waals surface area contributed by atoms with E-state index in [2.05, 4.69) is 6.92 Å². The van der Waals surface area contributed by atoms with Crippen molar-refractivity contribution < 1.29 is 18.0 Å². The first-order valence-corrected chi connectivity index (χ1v) is 8.40. The molecular weight excluding hydrogens is 236 g/mol.